The van der Waals surface area contributed by atoms with E-state index >= 15 is 0 Å². The summed E-state index contributed by atoms with van der Waals surface area (Å²) >= 11 is 0. The molecule has 18 heavy (non-hydrogen) atoms. The van der Waals surface area contributed by atoms with E-state index in [2.05, 4.69) is 0 Å². The molecule has 2 aromatic rings. The predicted molar refractivity (Wildman–Crippen MR) is 70.0 cm³/mol. The van der Waals surface area contributed by atoms with Gasteiger partial charge in [-0.25, -0.2) is 4.79 Å². The van der Waals surface area contributed by atoms with Gasteiger partial charge in [-0.1, -0.05) is 13.0 Å². The van der Waals surface area contributed by atoms with Gasteiger partial charge in [-0.15, -0.1) is 0 Å². The zero-order valence-electron chi connectivity index (χ0n) is 10.4. The Balaban J connectivity index is 2.56. The van der Waals surface area contributed by atoms with Crippen molar-refractivity contribution >= 4 is 16.9 Å². The number of aromatic nitrogens is 1. The Bertz CT molecular complexity index is 572. The van der Waals surface area contributed by atoms with Crippen LogP contribution in [0.25, 0.3) is 10.9 Å². The zero-order valence-corrected chi connectivity index (χ0v) is 10.4. The van der Waals surface area contributed by atoms with Crippen molar-refractivity contribution in [2.75, 3.05) is 6.61 Å². The van der Waals surface area contributed by atoms with Crippen LogP contribution in [0.3, 0.4) is 0 Å². The number of aliphatic hydroxyl groups is 1. The molecule has 0 saturated heterocycles. The van der Waals surface area contributed by atoms with Crippen molar-refractivity contribution < 1.29 is 15.0 Å². The first kappa shape index (κ1) is 12.6. The second-order valence-corrected chi connectivity index (χ2v) is 4.32. The number of aromatic carboxylic acids is 1. The van der Waals surface area contributed by atoms with Gasteiger partial charge in [-0.05, 0) is 30.5 Å². The molecule has 1 aromatic carbocycles. The van der Waals surface area contributed by atoms with Crippen LogP contribution in [0, 0.1) is 0 Å². The van der Waals surface area contributed by atoms with Gasteiger partial charge in [0.2, 0.25) is 0 Å². The Hall–Kier alpha value is -1.81. The summed E-state index contributed by atoms with van der Waals surface area (Å²) in [6.45, 7) is 2.78. The average molecular weight is 247 g/mol. The lowest BCUT2D eigenvalue weighted by Gasteiger charge is -2.04. The van der Waals surface area contributed by atoms with Crippen LogP contribution < -0.4 is 0 Å². The molecule has 1 heterocycles. The smallest absolute Gasteiger partial charge is 0.337 e. The van der Waals surface area contributed by atoms with E-state index in [1.54, 1.807) is 6.20 Å². The Labute approximate surface area is 105 Å². The Morgan fingerprint density at radius 1 is 1.39 bits per heavy atom. The summed E-state index contributed by atoms with van der Waals surface area (Å²) in [5.41, 5.74) is 2.38. The number of carboxylic acids is 1. The van der Waals surface area contributed by atoms with Gasteiger partial charge in [-0.2, -0.15) is 0 Å². The number of benzene rings is 1. The number of fused-ring (bicyclic) bond motifs is 1. The molecule has 0 aliphatic rings. The highest BCUT2D eigenvalue weighted by atomic mass is 16.4. The molecule has 0 spiro atoms. The molecule has 4 heteroatoms. The molecular weight excluding hydrogens is 230 g/mol. The van der Waals surface area contributed by atoms with E-state index in [0.717, 1.165) is 22.9 Å². The van der Waals surface area contributed by atoms with Crippen molar-refractivity contribution in [1.29, 1.82) is 0 Å². The monoisotopic (exact) mass is 247 g/mol. The van der Waals surface area contributed by atoms with Gasteiger partial charge in [0.25, 0.3) is 0 Å². The van der Waals surface area contributed by atoms with Gasteiger partial charge in [0.05, 0.1) is 5.56 Å². The van der Waals surface area contributed by atoms with Crippen molar-refractivity contribution in [3.8, 4) is 0 Å². The van der Waals surface area contributed by atoms with Crippen LogP contribution in [0.4, 0.5) is 0 Å². The summed E-state index contributed by atoms with van der Waals surface area (Å²) in [5, 5.41) is 18.9. The van der Waals surface area contributed by atoms with E-state index in [9.17, 15) is 9.90 Å². The SMILES string of the molecule is CCc1ccc2c(c1)c(C(=O)O)cn2CCCO. The third-order valence-electron chi connectivity index (χ3n) is 3.14. The maximum absolute atomic E-state index is 11.2. The molecule has 0 atom stereocenters. The first-order valence-corrected chi connectivity index (χ1v) is 6.13. The lowest BCUT2D eigenvalue weighted by atomic mass is 10.1. The molecular formula is C14H17NO3. The van der Waals surface area contributed by atoms with Crippen LogP contribution >= 0.6 is 0 Å². The number of hydrogen-bond acceptors (Lipinski definition) is 2. The standard InChI is InChI=1S/C14H17NO3/c1-2-10-4-5-13-11(8-10)12(14(17)18)9-15(13)6-3-7-16/h4-5,8-9,16H,2-3,6-7H2,1H3,(H,17,18). The Morgan fingerprint density at radius 3 is 2.78 bits per heavy atom. The van der Waals surface area contributed by atoms with Crippen LogP contribution in [-0.2, 0) is 13.0 Å². The van der Waals surface area contributed by atoms with Crippen LogP contribution in [0.5, 0.6) is 0 Å². The van der Waals surface area contributed by atoms with Crippen molar-refractivity contribution in [2.45, 2.75) is 26.3 Å². The Kier molecular flexibility index (Phi) is 3.67. The Morgan fingerprint density at radius 2 is 2.17 bits per heavy atom. The summed E-state index contributed by atoms with van der Waals surface area (Å²) in [7, 11) is 0. The second-order valence-electron chi connectivity index (χ2n) is 4.32. The summed E-state index contributed by atoms with van der Waals surface area (Å²) in [6, 6.07) is 5.91. The molecule has 0 fully saturated rings. The number of carboxylic acid groups (broad SMARTS) is 1. The average Bonchev–Trinajstić information content (AvgIpc) is 2.74. The van der Waals surface area contributed by atoms with Gasteiger partial charge in [0.1, 0.15) is 0 Å². The van der Waals surface area contributed by atoms with Gasteiger partial charge in [-0.3, -0.25) is 0 Å². The second kappa shape index (κ2) is 5.23. The van der Waals surface area contributed by atoms with Gasteiger partial charge in [0, 0.05) is 30.3 Å². The van der Waals surface area contributed by atoms with Gasteiger partial charge >= 0.3 is 5.97 Å². The van der Waals surface area contributed by atoms with Crippen molar-refractivity contribution in [3.05, 3.63) is 35.5 Å². The molecule has 0 saturated carbocycles. The van der Waals surface area contributed by atoms with Crippen LogP contribution in [0.2, 0.25) is 0 Å². The normalized spacial score (nSPS) is 11.0. The molecule has 2 N–H and O–H groups in total. The topological polar surface area (TPSA) is 62.5 Å². The number of aliphatic hydroxyl groups excluding tert-OH is 1. The quantitative estimate of drug-likeness (QED) is 0.852. The molecule has 0 bridgehead atoms. The summed E-state index contributed by atoms with van der Waals surface area (Å²) in [5.74, 6) is -0.906. The fourth-order valence-electron chi connectivity index (χ4n) is 2.16. The lowest BCUT2D eigenvalue weighted by Crippen LogP contribution is -1.99. The van der Waals surface area contributed by atoms with Crippen LogP contribution in [-0.4, -0.2) is 27.4 Å². The molecule has 0 aliphatic carbocycles. The first-order valence-electron chi connectivity index (χ1n) is 6.13. The minimum absolute atomic E-state index is 0.106. The summed E-state index contributed by atoms with van der Waals surface area (Å²) in [6.07, 6.45) is 3.16. The molecule has 0 radical (unpaired) electrons. The van der Waals surface area contributed by atoms with Gasteiger partial charge < -0.3 is 14.8 Å². The van der Waals surface area contributed by atoms with Gasteiger partial charge in [0.15, 0.2) is 0 Å². The maximum atomic E-state index is 11.2. The minimum atomic E-state index is -0.906. The minimum Gasteiger partial charge on any atom is -0.478 e. The molecule has 0 unspecified atom stereocenters. The molecule has 0 aliphatic heterocycles. The van der Waals surface area contributed by atoms with Crippen molar-refractivity contribution in [3.63, 3.8) is 0 Å². The summed E-state index contributed by atoms with van der Waals surface area (Å²) in [4.78, 5) is 11.2. The highest BCUT2D eigenvalue weighted by molar-refractivity contribution is 6.03. The number of carbonyl (C=O) groups is 1. The van der Waals surface area contributed by atoms with E-state index in [1.165, 1.54) is 0 Å². The predicted octanol–water partition coefficient (Wildman–Crippen LogP) is 2.28. The molecule has 1 aromatic heterocycles. The van der Waals surface area contributed by atoms with Crippen molar-refractivity contribution in [2.24, 2.45) is 0 Å². The number of nitrogens with zero attached hydrogens (tertiary/aromatic N) is 1. The van der Waals surface area contributed by atoms with Crippen LogP contribution in [0.1, 0.15) is 29.3 Å². The summed E-state index contributed by atoms with van der Waals surface area (Å²) < 4.78 is 1.90. The lowest BCUT2D eigenvalue weighted by molar-refractivity contribution is 0.0699. The molecule has 4 nitrogen and oxygen atoms in total. The largest absolute Gasteiger partial charge is 0.478 e. The number of rotatable bonds is 5. The number of aryl methyl sites for hydroxylation is 2. The fourth-order valence-corrected chi connectivity index (χ4v) is 2.16. The molecule has 96 valence electrons. The van der Waals surface area contributed by atoms with Crippen molar-refractivity contribution in [1.82, 2.24) is 4.57 Å². The van der Waals surface area contributed by atoms with E-state index in [4.69, 9.17) is 5.11 Å². The zero-order chi connectivity index (χ0) is 13.1. The van der Waals surface area contributed by atoms with E-state index < -0.39 is 5.97 Å². The molecule has 2 rings (SSSR count). The van der Waals surface area contributed by atoms with Crippen LogP contribution in [0.15, 0.2) is 24.4 Å². The van der Waals surface area contributed by atoms with E-state index in [1.807, 2.05) is 29.7 Å². The van der Waals surface area contributed by atoms with E-state index in [0.29, 0.717) is 18.5 Å². The maximum Gasteiger partial charge on any atom is 0.337 e. The highest BCUT2D eigenvalue weighted by Gasteiger charge is 2.14. The third-order valence-corrected chi connectivity index (χ3v) is 3.14. The van der Waals surface area contributed by atoms with E-state index in [-0.39, 0.29) is 6.61 Å². The fraction of sp³-hybridized carbons (Fsp3) is 0.357. The first-order chi connectivity index (χ1) is 8.67. The highest BCUT2D eigenvalue weighted by Crippen LogP contribution is 2.23. The third kappa shape index (κ3) is 2.24. The number of hydrogen-bond donors (Lipinski definition) is 2. The molecule has 0 amide bonds.